The molecule has 1 aliphatic heterocycles. The third kappa shape index (κ3) is 6.37. The van der Waals surface area contributed by atoms with Crippen LogP contribution in [0.5, 0.6) is 5.75 Å². The largest absolute Gasteiger partial charge is 0.478 e. The minimum atomic E-state index is -2.99. The van der Waals surface area contributed by atoms with Crippen LogP contribution in [0.4, 0.5) is 29.3 Å². The lowest BCUT2D eigenvalue weighted by Gasteiger charge is -2.33. The van der Waals surface area contributed by atoms with Gasteiger partial charge in [0, 0.05) is 31.3 Å². The standard InChI is InChI=1S/C28H26F3N3O5/c1-17-6-2-3-7-23(17)32-27(38)33-24-16-21(29)19(14-22(24)30)15-25(35)28(31,34-12-4-5-13-34)39-20-10-8-18(9-11-20)26(36)37/h2-3,6-11,14,16H,4-5,12-13,15H2,1H3,(H,36,37)(H2,32,33,38). The Morgan fingerprint density at radius 3 is 2.23 bits per heavy atom. The van der Waals surface area contributed by atoms with Crippen molar-refractivity contribution in [3.05, 3.63) is 89.0 Å². The van der Waals surface area contributed by atoms with E-state index < -0.39 is 53.1 Å². The van der Waals surface area contributed by atoms with Crippen LogP contribution in [0.3, 0.4) is 0 Å². The summed E-state index contributed by atoms with van der Waals surface area (Å²) in [4.78, 5) is 37.7. The number of anilines is 2. The van der Waals surface area contributed by atoms with Crippen molar-refractivity contribution < 1.29 is 37.4 Å². The van der Waals surface area contributed by atoms with E-state index in [0.717, 1.165) is 17.7 Å². The molecule has 0 radical (unpaired) electrons. The van der Waals surface area contributed by atoms with Crippen LogP contribution in [-0.4, -0.2) is 46.9 Å². The topological polar surface area (TPSA) is 108 Å². The quantitative estimate of drug-likeness (QED) is 0.308. The zero-order chi connectivity index (χ0) is 28.2. The molecule has 0 bridgehead atoms. The molecule has 3 aromatic carbocycles. The number of urea groups is 1. The fraction of sp³-hybridized carbons (Fsp3) is 0.250. The van der Waals surface area contributed by atoms with Crippen LogP contribution in [0.15, 0.2) is 60.7 Å². The minimum Gasteiger partial charge on any atom is -0.478 e. The van der Waals surface area contributed by atoms with Gasteiger partial charge in [0.1, 0.15) is 17.4 Å². The average Bonchev–Trinajstić information content (AvgIpc) is 3.44. The second-order valence-corrected chi connectivity index (χ2v) is 9.10. The van der Waals surface area contributed by atoms with Gasteiger partial charge in [-0.25, -0.2) is 23.3 Å². The van der Waals surface area contributed by atoms with E-state index in [2.05, 4.69) is 10.6 Å². The van der Waals surface area contributed by atoms with Crippen molar-refractivity contribution in [1.29, 1.82) is 0 Å². The summed E-state index contributed by atoms with van der Waals surface area (Å²) in [5, 5.41) is 13.8. The molecule has 0 aromatic heterocycles. The summed E-state index contributed by atoms with van der Waals surface area (Å²) in [6.45, 7) is 2.17. The highest BCUT2D eigenvalue weighted by Gasteiger charge is 2.48. The van der Waals surface area contributed by atoms with Gasteiger partial charge in [-0.1, -0.05) is 18.2 Å². The Morgan fingerprint density at radius 1 is 0.949 bits per heavy atom. The van der Waals surface area contributed by atoms with Crippen molar-refractivity contribution in [3.8, 4) is 5.75 Å². The molecule has 8 nitrogen and oxygen atoms in total. The number of aromatic carboxylic acids is 1. The summed E-state index contributed by atoms with van der Waals surface area (Å²) < 4.78 is 51.3. The van der Waals surface area contributed by atoms with E-state index in [9.17, 15) is 23.2 Å². The number of alkyl halides is 1. The van der Waals surface area contributed by atoms with Crippen molar-refractivity contribution >= 4 is 29.2 Å². The van der Waals surface area contributed by atoms with Crippen LogP contribution in [0.25, 0.3) is 0 Å². The molecule has 1 unspecified atom stereocenters. The predicted molar refractivity (Wildman–Crippen MR) is 138 cm³/mol. The second kappa shape index (κ2) is 11.6. The maximum Gasteiger partial charge on any atom is 0.371 e. The summed E-state index contributed by atoms with van der Waals surface area (Å²) in [5.74, 6) is -7.49. The molecule has 1 fully saturated rings. The molecule has 0 saturated carbocycles. The maximum absolute atomic E-state index is 16.2. The fourth-order valence-corrected chi connectivity index (χ4v) is 4.21. The predicted octanol–water partition coefficient (Wildman–Crippen LogP) is 5.53. The molecule has 1 atom stereocenters. The molecular weight excluding hydrogens is 515 g/mol. The van der Waals surface area contributed by atoms with Gasteiger partial charge in [0.2, 0.25) is 5.78 Å². The first kappa shape index (κ1) is 27.6. The SMILES string of the molecule is Cc1ccccc1NC(=O)Nc1cc(F)c(CC(=O)C(F)(Oc2ccc(C(=O)O)cc2)N2CCCC2)cc1F. The monoisotopic (exact) mass is 541 g/mol. The van der Waals surface area contributed by atoms with Crippen molar-refractivity contribution in [3.63, 3.8) is 0 Å². The van der Waals surface area contributed by atoms with E-state index in [1.807, 2.05) is 0 Å². The van der Waals surface area contributed by atoms with Crippen molar-refractivity contribution in [1.82, 2.24) is 4.90 Å². The number of ketones is 1. The first-order valence-electron chi connectivity index (χ1n) is 12.2. The highest BCUT2D eigenvalue weighted by molar-refractivity contribution is 6.00. The molecule has 3 aromatic rings. The van der Waals surface area contributed by atoms with Crippen LogP contribution in [-0.2, 0) is 11.2 Å². The Balaban J connectivity index is 1.51. The van der Waals surface area contributed by atoms with E-state index >= 15 is 4.39 Å². The van der Waals surface area contributed by atoms with Crippen molar-refractivity contribution in [2.45, 2.75) is 32.2 Å². The number of rotatable bonds is 9. The molecule has 0 aliphatic carbocycles. The van der Waals surface area contributed by atoms with Gasteiger partial charge in [0.25, 0.3) is 0 Å². The molecule has 2 amide bonds. The van der Waals surface area contributed by atoms with Gasteiger partial charge in [0.05, 0.1) is 11.3 Å². The van der Waals surface area contributed by atoms with Gasteiger partial charge < -0.3 is 20.5 Å². The number of amides is 2. The Kier molecular flexibility index (Phi) is 8.20. The first-order chi connectivity index (χ1) is 18.6. The van der Waals surface area contributed by atoms with E-state index in [1.165, 1.54) is 29.2 Å². The number of carbonyl (C=O) groups excluding carboxylic acids is 2. The van der Waals surface area contributed by atoms with Gasteiger partial charge in [-0.15, -0.1) is 0 Å². The third-order valence-corrected chi connectivity index (χ3v) is 6.34. The maximum atomic E-state index is 16.2. The number of carbonyl (C=O) groups is 3. The molecule has 3 N–H and O–H groups in total. The number of aryl methyl sites for hydroxylation is 1. The average molecular weight is 542 g/mol. The lowest BCUT2D eigenvalue weighted by Crippen LogP contribution is -2.55. The molecule has 1 heterocycles. The highest BCUT2D eigenvalue weighted by Crippen LogP contribution is 2.31. The van der Waals surface area contributed by atoms with Crippen LogP contribution in [0.2, 0.25) is 0 Å². The lowest BCUT2D eigenvalue weighted by atomic mass is 10.0. The lowest BCUT2D eigenvalue weighted by molar-refractivity contribution is -0.191. The van der Waals surface area contributed by atoms with Gasteiger partial charge in [-0.05, 0) is 67.3 Å². The molecule has 4 rings (SSSR count). The number of nitrogens with zero attached hydrogens (tertiary/aromatic N) is 1. The molecule has 39 heavy (non-hydrogen) atoms. The number of ether oxygens (including phenoxy) is 1. The van der Waals surface area contributed by atoms with Crippen molar-refractivity contribution in [2.75, 3.05) is 23.7 Å². The molecule has 204 valence electrons. The Morgan fingerprint density at radius 2 is 1.59 bits per heavy atom. The molecular formula is C28H26F3N3O5. The van der Waals surface area contributed by atoms with Crippen LogP contribution >= 0.6 is 0 Å². The zero-order valence-corrected chi connectivity index (χ0v) is 21.0. The fourth-order valence-electron chi connectivity index (χ4n) is 4.21. The van der Waals surface area contributed by atoms with E-state index in [4.69, 9.17) is 9.84 Å². The number of hydrogen-bond acceptors (Lipinski definition) is 5. The number of benzene rings is 3. The summed E-state index contributed by atoms with van der Waals surface area (Å²) >= 11 is 0. The number of Topliss-reactive ketones (excluding diaryl/α,β-unsaturated/α-hetero) is 1. The third-order valence-electron chi connectivity index (χ3n) is 6.34. The van der Waals surface area contributed by atoms with E-state index in [0.29, 0.717) is 18.5 Å². The van der Waals surface area contributed by atoms with Gasteiger partial charge in [-0.3, -0.25) is 4.79 Å². The molecule has 0 spiro atoms. The van der Waals surface area contributed by atoms with Crippen molar-refractivity contribution in [2.24, 2.45) is 0 Å². The van der Waals surface area contributed by atoms with E-state index in [1.54, 1.807) is 31.2 Å². The Hall–Kier alpha value is -4.38. The summed E-state index contributed by atoms with van der Waals surface area (Å²) in [7, 11) is 0. The van der Waals surface area contributed by atoms with Crippen LogP contribution in [0, 0.1) is 18.6 Å². The minimum absolute atomic E-state index is 0.0573. The summed E-state index contributed by atoms with van der Waals surface area (Å²) in [6.07, 6.45) is 0.376. The molecule has 1 aliphatic rings. The normalized spacial score (nSPS) is 14.9. The number of carboxylic acid groups (broad SMARTS) is 1. The zero-order valence-electron chi connectivity index (χ0n) is 21.0. The number of likely N-dealkylation sites (tertiary alicyclic amines) is 1. The number of hydrogen-bond donors (Lipinski definition) is 3. The number of halogens is 3. The second-order valence-electron chi connectivity index (χ2n) is 9.10. The summed E-state index contributed by atoms with van der Waals surface area (Å²) in [6, 6.07) is 12.4. The van der Waals surface area contributed by atoms with Gasteiger partial charge >= 0.3 is 18.0 Å². The van der Waals surface area contributed by atoms with Crippen LogP contribution < -0.4 is 15.4 Å². The Labute approximate surface area is 222 Å². The van der Waals surface area contributed by atoms with Gasteiger partial charge in [-0.2, -0.15) is 4.39 Å². The summed E-state index contributed by atoms with van der Waals surface area (Å²) in [5.41, 5.74) is 0.306. The van der Waals surface area contributed by atoms with Crippen LogP contribution in [0.1, 0.15) is 34.3 Å². The number of para-hydroxylation sites is 1. The smallest absolute Gasteiger partial charge is 0.371 e. The van der Waals surface area contributed by atoms with E-state index in [-0.39, 0.29) is 24.4 Å². The Bertz CT molecular complexity index is 1390. The first-order valence-corrected chi connectivity index (χ1v) is 12.2. The number of carboxylic acids is 1. The highest BCUT2D eigenvalue weighted by atomic mass is 19.2. The van der Waals surface area contributed by atoms with Gasteiger partial charge in [0.15, 0.2) is 0 Å². The number of nitrogens with one attached hydrogen (secondary N) is 2. The molecule has 11 heteroatoms. The molecule has 1 saturated heterocycles.